The molecule has 0 radical (unpaired) electrons. The maximum atomic E-state index is 12.2. The molecule has 1 atom stereocenters. The van der Waals surface area contributed by atoms with Crippen LogP contribution in [0.5, 0.6) is 0 Å². The molecule has 4 rings (SSSR count). The van der Waals surface area contributed by atoms with Crippen molar-refractivity contribution in [2.24, 2.45) is 0 Å². The largest absolute Gasteiger partial charge is 0.472 e. The van der Waals surface area contributed by atoms with Gasteiger partial charge in [-0.1, -0.05) is 5.21 Å². The molecule has 26 heavy (non-hydrogen) atoms. The molecule has 3 aromatic rings. The third-order valence-electron chi connectivity index (χ3n) is 4.23. The highest BCUT2D eigenvalue weighted by Crippen LogP contribution is 2.25. The summed E-state index contributed by atoms with van der Waals surface area (Å²) in [6.07, 6.45) is 3.02. The lowest BCUT2D eigenvalue weighted by Gasteiger charge is -2.24. The van der Waals surface area contributed by atoms with Crippen LogP contribution >= 0.6 is 0 Å². The average Bonchev–Trinajstić information content (AvgIpc) is 3.35. The number of carbonyl (C=O) groups excluding carboxylic acids is 1. The van der Waals surface area contributed by atoms with Crippen molar-refractivity contribution in [3.8, 4) is 17.3 Å². The summed E-state index contributed by atoms with van der Waals surface area (Å²) in [6, 6.07) is 10.3. The fourth-order valence-electron chi connectivity index (χ4n) is 2.82. The van der Waals surface area contributed by atoms with Crippen LogP contribution in [0, 0.1) is 11.3 Å². The Labute approximate surface area is 149 Å². The van der Waals surface area contributed by atoms with Crippen LogP contribution in [0.4, 0.5) is 0 Å². The summed E-state index contributed by atoms with van der Waals surface area (Å²) >= 11 is 0. The number of amides is 1. The topological polar surface area (TPSA) is 106 Å². The number of nitrogens with zero attached hydrogens (tertiary/aromatic N) is 4. The molecule has 1 unspecified atom stereocenters. The van der Waals surface area contributed by atoms with Gasteiger partial charge in [-0.2, -0.15) is 5.26 Å². The molecule has 1 aliphatic heterocycles. The van der Waals surface area contributed by atoms with E-state index in [4.69, 9.17) is 14.4 Å². The molecule has 0 bridgehead atoms. The molecule has 3 heterocycles. The Morgan fingerprint density at radius 1 is 1.35 bits per heavy atom. The van der Waals surface area contributed by atoms with Gasteiger partial charge in [-0.15, -0.1) is 5.10 Å². The fourth-order valence-corrected chi connectivity index (χ4v) is 2.82. The maximum Gasteiger partial charge on any atom is 0.251 e. The molecule has 2 aromatic heterocycles. The van der Waals surface area contributed by atoms with E-state index in [0.29, 0.717) is 30.8 Å². The number of nitrogens with one attached hydrogen (secondary N) is 1. The maximum absolute atomic E-state index is 12.2. The summed E-state index contributed by atoms with van der Waals surface area (Å²) in [4.78, 5) is 12.2. The quantitative estimate of drug-likeness (QED) is 0.769. The third kappa shape index (κ3) is 3.08. The Morgan fingerprint density at radius 2 is 2.19 bits per heavy atom. The Morgan fingerprint density at radius 3 is 2.92 bits per heavy atom. The van der Waals surface area contributed by atoms with Crippen molar-refractivity contribution in [2.75, 3.05) is 6.54 Å². The van der Waals surface area contributed by atoms with E-state index >= 15 is 0 Å². The molecule has 1 N–H and O–H groups in total. The van der Waals surface area contributed by atoms with Gasteiger partial charge in [0.2, 0.25) is 0 Å². The first-order valence-electron chi connectivity index (χ1n) is 8.09. The zero-order chi connectivity index (χ0) is 17.9. The van der Waals surface area contributed by atoms with Crippen LogP contribution in [-0.2, 0) is 17.9 Å². The van der Waals surface area contributed by atoms with Crippen LogP contribution in [0.25, 0.3) is 11.3 Å². The zero-order valence-electron chi connectivity index (χ0n) is 13.8. The van der Waals surface area contributed by atoms with Crippen LogP contribution in [0.1, 0.15) is 21.6 Å². The number of hydrogen-bond donors (Lipinski definition) is 1. The van der Waals surface area contributed by atoms with Gasteiger partial charge in [0.1, 0.15) is 5.69 Å². The van der Waals surface area contributed by atoms with E-state index in [1.54, 1.807) is 41.5 Å². The summed E-state index contributed by atoms with van der Waals surface area (Å²) in [5.74, 6) is -0.207. The molecule has 0 fully saturated rings. The van der Waals surface area contributed by atoms with Gasteiger partial charge in [-0.25, -0.2) is 4.68 Å². The van der Waals surface area contributed by atoms with Gasteiger partial charge in [0.05, 0.1) is 49.1 Å². The minimum Gasteiger partial charge on any atom is -0.472 e. The molecule has 1 aromatic carbocycles. The molecular weight excluding hydrogens is 334 g/mol. The van der Waals surface area contributed by atoms with Crippen LogP contribution in [0.2, 0.25) is 0 Å². The molecule has 0 aliphatic carbocycles. The number of aromatic nitrogens is 3. The Hall–Kier alpha value is -3.44. The van der Waals surface area contributed by atoms with E-state index in [0.717, 1.165) is 17.0 Å². The van der Waals surface area contributed by atoms with E-state index < -0.39 is 0 Å². The number of ether oxygens (including phenoxy) is 1. The van der Waals surface area contributed by atoms with Crippen LogP contribution < -0.4 is 5.32 Å². The molecule has 8 heteroatoms. The van der Waals surface area contributed by atoms with Gasteiger partial charge in [-0.3, -0.25) is 4.79 Å². The van der Waals surface area contributed by atoms with Crippen molar-refractivity contribution < 1.29 is 13.9 Å². The number of rotatable bonds is 4. The first-order valence-corrected chi connectivity index (χ1v) is 8.09. The number of hydrogen-bond acceptors (Lipinski definition) is 6. The average molecular weight is 349 g/mol. The first-order chi connectivity index (χ1) is 12.7. The van der Waals surface area contributed by atoms with Gasteiger partial charge in [0.15, 0.2) is 0 Å². The minimum atomic E-state index is -0.207. The summed E-state index contributed by atoms with van der Waals surface area (Å²) in [6.45, 7) is 1.23. The summed E-state index contributed by atoms with van der Waals surface area (Å²) in [5, 5.41) is 20.0. The van der Waals surface area contributed by atoms with E-state index in [9.17, 15) is 4.79 Å². The van der Waals surface area contributed by atoms with Gasteiger partial charge in [-0.05, 0) is 30.3 Å². The summed E-state index contributed by atoms with van der Waals surface area (Å²) in [7, 11) is 0. The third-order valence-corrected chi connectivity index (χ3v) is 4.23. The lowest BCUT2D eigenvalue weighted by molar-refractivity contribution is 0.00177. The van der Waals surface area contributed by atoms with Crippen molar-refractivity contribution in [1.29, 1.82) is 5.26 Å². The molecule has 1 aliphatic rings. The highest BCUT2D eigenvalue weighted by Gasteiger charge is 2.25. The second kappa shape index (κ2) is 6.82. The number of carbonyl (C=O) groups is 1. The van der Waals surface area contributed by atoms with Crippen molar-refractivity contribution >= 4 is 5.91 Å². The van der Waals surface area contributed by atoms with Gasteiger partial charge < -0.3 is 14.5 Å². The number of nitriles is 1. The predicted molar refractivity (Wildman–Crippen MR) is 89.8 cm³/mol. The minimum absolute atomic E-state index is 0.191. The van der Waals surface area contributed by atoms with Crippen molar-refractivity contribution in [1.82, 2.24) is 20.3 Å². The monoisotopic (exact) mass is 349 g/mol. The van der Waals surface area contributed by atoms with Gasteiger partial charge in [0.25, 0.3) is 5.91 Å². The second-order valence-electron chi connectivity index (χ2n) is 5.91. The van der Waals surface area contributed by atoms with E-state index in [2.05, 4.69) is 15.6 Å². The first kappa shape index (κ1) is 16.1. The molecule has 0 spiro atoms. The smallest absolute Gasteiger partial charge is 0.251 e. The lowest BCUT2D eigenvalue weighted by Crippen LogP contribution is -2.39. The molecular formula is C18H15N5O3. The van der Waals surface area contributed by atoms with Crippen LogP contribution in [0.15, 0.2) is 47.3 Å². The number of fused-ring (bicyclic) bond motifs is 1. The predicted octanol–water partition coefficient (Wildman–Crippen LogP) is 1.74. The van der Waals surface area contributed by atoms with Crippen molar-refractivity contribution in [2.45, 2.75) is 19.3 Å². The molecule has 8 nitrogen and oxygen atoms in total. The normalized spacial score (nSPS) is 15.9. The zero-order valence-corrected chi connectivity index (χ0v) is 13.8. The second-order valence-corrected chi connectivity index (χ2v) is 5.91. The highest BCUT2D eigenvalue weighted by atomic mass is 16.5. The molecule has 130 valence electrons. The van der Waals surface area contributed by atoms with E-state index in [1.807, 2.05) is 12.1 Å². The lowest BCUT2D eigenvalue weighted by atomic mass is 10.1. The standard InChI is InChI=1S/C18H15N5O3/c19-7-12-1-3-13(4-2-12)18(24)20-8-15-9-23-16(11-26-15)17(21-22-23)14-5-6-25-10-14/h1-6,10,15H,8-9,11H2,(H,20,24). The summed E-state index contributed by atoms with van der Waals surface area (Å²) in [5.41, 5.74) is 3.52. The van der Waals surface area contributed by atoms with E-state index in [1.165, 1.54) is 0 Å². The molecule has 1 amide bonds. The molecule has 0 saturated heterocycles. The van der Waals surface area contributed by atoms with Gasteiger partial charge >= 0.3 is 0 Å². The van der Waals surface area contributed by atoms with Gasteiger partial charge in [0, 0.05) is 17.7 Å². The number of benzene rings is 1. The highest BCUT2D eigenvalue weighted by molar-refractivity contribution is 5.94. The van der Waals surface area contributed by atoms with Crippen LogP contribution in [-0.4, -0.2) is 33.5 Å². The van der Waals surface area contributed by atoms with Crippen molar-refractivity contribution in [3.63, 3.8) is 0 Å². The van der Waals surface area contributed by atoms with Crippen molar-refractivity contribution in [3.05, 3.63) is 59.7 Å². The summed E-state index contributed by atoms with van der Waals surface area (Å²) < 4.78 is 12.7. The number of furan rings is 1. The SMILES string of the molecule is N#Cc1ccc(C(=O)NCC2Cn3nnc(-c4ccoc4)c3CO2)cc1. The Balaban J connectivity index is 1.37. The Kier molecular flexibility index (Phi) is 4.21. The molecule has 0 saturated carbocycles. The van der Waals surface area contributed by atoms with Crippen LogP contribution in [0.3, 0.4) is 0 Å². The Bertz CT molecular complexity index is 954. The van der Waals surface area contributed by atoms with E-state index in [-0.39, 0.29) is 12.0 Å². The fraction of sp³-hybridized carbons (Fsp3) is 0.222.